The summed E-state index contributed by atoms with van der Waals surface area (Å²) in [7, 11) is -1.85. The molecule has 0 radical (unpaired) electrons. The summed E-state index contributed by atoms with van der Waals surface area (Å²) in [5.41, 5.74) is -1.01. The first-order chi connectivity index (χ1) is 16.2. The predicted molar refractivity (Wildman–Crippen MR) is 133 cm³/mol. The molecule has 1 aliphatic rings. The van der Waals surface area contributed by atoms with E-state index in [0.29, 0.717) is 4.68 Å². The van der Waals surface area contributed by atoms with E-state index in [1.54, 1.807) is 6.92 Å². The first-order valence-electron chi connectivity index (χ1n) is 11.0. The van der Waals surface area contributed by atoms with Gasteiger partial charge >= 0.3 is 37.7 Å². The van der Waals surface area contributed by atoms with Crippen LogP contribution in [0, 0.1) is 32.1 Å². The molecule has 0 bridgehead atoms. The van der Waals surface area contributed by atoms with E-state index in [1.807, 2.05) is 19.9 Å². The van der Waals surface area contributed by atoms with Crippen molar-refractivity contribution < 1.29 is 36.2 Å². The maximum absolute atomic E-state index is 12.7. The van der Waals surface area contributed by atoms with E-state index in [1.165, 1.54) is 17.4 Å². The Labute approximate surface area is 217 Å². The molecular formula is C20H34N4NiO6P3+. The molecule has 5 atom stereocenters. The molecule has 1 saturated heterocycles. The zero-order valence-electron chi connectivity index (χ0n) is 20.9. The topological polar surface area (TPSA) is 125 Å². The van der Waals surface area contributed by atoms with Crippen LogP contribution in [0.3, 0.4) is 0 Å². The summed E-state index contributed by atoms with van der Waals surface area (Å²) in [6, 6.07) is 1.96. The Morgan fingerprint density at radius 2 is 2.06 bits per heavy atom. The quantitative estimate of drug-likeness (QED) is 0.180. The van der Waals surface area contributed by atoms with Crippen molar-refractivity contribution in [1.29, 1.82) is 5.26 Å². The van der Waals surface area contributed by atoms with Gasteiger partial charge in [-0.3, -0.25) is 9.36 Å². The van der Waals surface area contributed by atoms with E-state index < -0.39 is 37.2 Å². The number of aryl methyl sites for hydroxylation is 1. The normalized spacial score (nSPS) is 20.0. The zero-order valence-corrected chi connectivity index (χ0v) is 23.7. The van der Waals surface area contributed by atoms with Crippen molar-refractivity contribution in [3.8, 4) is 6.07 Å². The van der Waals surface area contributed by atoms with E-state index in [0.717, 1.165) is 12.8 Å². The molecule has 1 aromatic rings. The molecule has 0 aliphatic carbocycles. The molecule has 1 aromatic heterocycles. The van der Waals surface area contributed by atoms with Crippen molar-refractivity contribution in [2.75, 3.05) is 13.3 Å². The van der Waals surface area contributed by atoms with E-state index in [-0.39, 0.29) is 65.5 Å². The second-order valence-corrected chi connectivity index (χ2v) is 10.8. The maximum atomic E-state index is 12.7. The molecule has 14 heteroatoms. The monoisotopic (exact) mass is 578 g/mol. The van der Waals surface area contributed by atoms with E-state index in [4.69, 9.17) is 20.4 Å². The van der Waals surface area contributed by atoms with Gasteiger partial charge in [0.25, 0.3) is 5.56 Å². The summed E-state index contributed by atoms with van der Waals surface area (Å²) in [4.78, 5) is 28.7. The molecule has 0 N–H and O–H groups in total. The molecule has 3 unspecified atom stereocenters. The van der Waals surface area contributed by atoms with Gasteiger partial charge in [-0.2, -0.15) is 18.1 Å². The number of hydrogen-bond acceptors (Lipinski definition) is 8. The Bertz CT molecular complexity index is 939. The van der Waals surface area contributed by atoms with Gasteiger partial charge in [0.1, 0.15) is 12.9 Å². The van der Waals surface area contributed by atoms with Crippen LogP contribution in [0.2, 0.25) is 0 Å². The van der Waals surface area contributed by atoms with Crippen LogP contribution in [0.15, 0.2) is 20.6 Å². The van der Waals surface area contributed by atoms with Crippen LogP contribution < -0.4 is 11.2 Å². The largest absolute Gasteiger partial charge is 2.00 e. The Kier molecular flexibility index (Phi) is 19.9. The second kappa shape index (κ2) is 20.4. The van der Waals surface area contributed by atoms with Gasteiger partial charge in [-0.1, -0.05) is 23.3 Å². The molecule has 2 rings (SSSR count). The molecule has 0 amide bonds. The summed E-state index contributed by atoms with van der Waals surface area (Å²) >= 11 is 0. The molecule has 1 fully saturated rings. The third-order valence-electron chi connectivity index (χ3n) is 3.59. The van der Waals surface area contributed by atoms with Gasteiger partial charge in [-0.15, -0.1) is 4.68 Å². The molecule has 0 aromatic carbocycles. The fraction of sp³-hybridized carbons (Fsp3) is 0.650. The SMILES string of the molecule is [2H]C[C@H]1O[C@@H](n2cc(C)c(=O)n(N=P[P+](C)=O)c2=O)CC1OPOCCC#N.[CH2-]CC.[CH2-]CC.[Ni+2]. The third kappa shape index (κ3) is 12.8. The average molecular weight is 579 g/mol. The smallest absolute Gasteiger partial charge is 0.352 e. The van der Waals surface area contributed by atoms with Gasteiger partial charge in [0.05, 0.1) is 31.3 Å². The van der Waals surface area contributed by atoms with Crippen LogP contribution in [-0.4, -0.2) is 34.7 Å². The van der Waals surface area contributed by atoms with Crippen LogP contribution in [0.4, 0.5) is 0 Å². The van der Waals surface area contributed by atoms with Crippen molar-refractivity contribution in [3.63, 3.8) is 0 Å². The third-order valence-corrected chi connectivity index (χ3v) is 5.81. The summed E-state index contributed by atoms with van der Waals surface area (Å²) in [6.45, 7) is 14.2. The molecule has 0 saturated carbocycles. The van der Waals surface area contributed by atoms with Crippen LogP contribution >= 0.6 is 24.6 Å². The summed E-state index contributed by atoms with van der Waals surface area (Å²) in [5.74, 6) is 0. The fourth-order valence-corrected chi connectivity index (χ4v) is 3.85. The van der Waals surface area contributed by atoms with Crippen molar-refractivity contribution in [1.82, 2.24) is 9.24 Å². The number of aromatic nitrogens is 2. The fourth-order valence-electron chi connectivity index (χ4n) is 2.30. The molecule has 10 nitrogen and oxygen atoms in total. The Hall–Kier alpha value is -0.826. The standard InChI is InChI=1S/C14H20N4O6P3.2C3H7.Ni/c1-9-8-17(14(20)18(13(9)19)16-25-27(3)21)12-7-11(10(2)23-12)24-26-22-6-4-5-15;2*1-3-2;/h8,10-12,26H,4,6-7H2,1-3H3;2*1,3H2,2H3;/q+1;2*-1;+2/t10-,11?,12-;;;/m1.../s1/i2D;;;. The Morgan fingerprint density at radius 1 is 1.44 bits per heavy atom. The minimum atomic E-state index is -1.67. The molecule has 34 heavy (non-hydrogen) atoms. The van der Waals surface area contributed by atoms with Crippen molar-refractivity contribution >= 4 is 24.6 Å². The summed E-state index contributed by atoms with van der Waals surface area (Å²) in [6.07, 6.45) is 2.17. The number of hydrogen-bond donors (Lipinski definition) is 0. The van der Waals surface area contributed by atoms with Crippen LogP contribution in [0.1, 0.15) is 59.6 Å². The molecule has 194 valence electrons. The molecule has 1 aliphatic heterocycles. The average Bonchev–Trinajstić information content (AvgIpc) is 3.20. The second-order valence-electron chi connectivity index (χ2n) is 6.62. The van der Waals surface area contributed by atoms with Crippen LogP contribution in [-0.2, 0) is 34.8 Å². The van der Waals surface area contributed by atoms with Gasteiger partial charge in [-0.25, -0.2) is 4.79 Å². The molecule has 2 heterocycles. The van der Waals surface area contributed by atoms with Crippen LogP contribution in [0.25, 0.3) is 0 Å². The molecule has 0 spiro atoms. The number of nitrogens with zero attached hydrogens (tertiary/aromatic N) is 4. The Balaban J connectivity index is 0. The first kappa shape index (κ1) is 33.2. The number of nitriles is 1. The van der Waals surface area contributed by atoms with Gasteiger partial charge in [0.2, 0.25) is 0 Å². The van der Waals surface area contributed by atoms with E-state index in [9.17, 15) is 14.2 Å². The summed E-state index contributed by atoms with van der Waals surface area (Å²) in [5, 5.41) is 8.48. The van der Waals surface area contributed by atoms with Gasteiger partial charge in [-0.05, 0) is 13.8 Å². The van der Waals surface area contributed by atoms with Crippen molar-refractivity contribution in [3.05, 3.63) is 46.4 Å². The summed E-state index contributed by atoms with van der Waals surface area (Å²) < 4.78 is 37.4. The minimum Gasteiger partial charge on any atom is -0.352 e. The number of ether oxygens (including phenoxy) is 1. The predicted octanol–water partition coefficient (Wildman–Crippen LogP) is 5.17. The van der Waals surface area contributed by atoms with Crippen molar-refractivity contribution in [2.24, 2.45) is 4.85 Å². The minimum absolute atomic E-state index is 0. The zero-order chi connectivity index (χ0) is 26.1. The van der Waals surface area contributed by atoms with Gasteiger partial charge in [0, 0.05) is 19.6 Å². The van der Waals surface area contributed by atoms with Crippen LogP contribution in [0.5, 0.6) is 0 Å². The van der Waals surface area contributed by atoms with Gasteiger partial charge < -0.3 is 27.6 Å². The van der Waals surface area contributed by atoms with Crippen molar-refractivity contribution in [2.45, 2.75) is 71.8 Å². The van der Waals surface area contributed by atoms with E-state index >= 15 is 0 Å². The molecular weight excluding hydrogens is 544 g/mol. The Morgan fingerprint density at radius 3 is 2.59 bits per heavy atom. The van der Waals surface area contributed by atoms with E-state index in [2.05, 4.69) is 18.7 Å². The maximum Gasteiger partial charge on any atom is 2.00 e. The first-order valence-corrected chi connectivity index (χ1v) is 14.4. The van der Waals surface area contributed by atoms with Gasteiger partial charge in [0.15, 0.2) is 9.03 Å². The number of rotatable bonds is 8.